The van der Waals surface area contributed by atoms with Crippen molar-refractivity contribution in [3.63, 3.8) is 0 Å². The third-order valence-corrected chi connectivity index (χ3v) is 7.14. The summed E-state index contributed by atoms with van der Waals surface area (Å²) in [5.74, 6) is 0. The molecule has 0 amide bonds. The second-order valence-electron chi connectivity index (χ2n) is 9.19. The van der Waals surface area contributed by atoms with Crippen LogP contribution in [0.2, 0.25) is 0 Å². The van der Waals surface area contributed by atoms with Gasteiger partial charge in [-0.1, -0.05) is 115 Å². The molecule has 7 aromatic rings. The summed E-state index contributed by atoms with van der Waals surface area (Å²) in [4.78, 5) is 4.59. The zero-order valence-corrected chi connectivity index (χ0v) is 19.7. The third kappa shape index (κ3) is 3.29. The lowest BCUT2D eigenvalue weighted by molar-refractivity contribution is 1.37. The van der Waals surface area contributed by atoms with Crippen LogP contribution >= 0.6 is 0 Å². The Balaban J connectivity index is 1.61. The Morgan fingerprint density at radius 2 is 1.03 bits per heavy atom. The maximum atomic E-state index is 4.59. The molecule has 0 atom stereocenters. The predicted octanol–water partition coefficient (Wildman–Crippen LogP) is 9.54. The Bertz CT molecular complexity index is 1830. The van der Waals surface area contributed by atoms with Crippen molar-refractivity contribution in [3.8, 4) is 33.4 Å². The molecule has 0 spiro atoms. The number of benzene rings is 6. The van der Waals surface area contributed by atoms with Crippen molar-refractivity contribution in [1.29, 1.82) is 0 Å². The van der Waals surface area contributed by atoms with E-state index in [9.17, 15) is 0 Å². The molecule has 36 heavy (non-hydrogen) atoms. The first-order valence-corrected chi connectivity index (χ1v) is 12.3. The number of aromatic nitrogens is 1. The zero-order chi connectivity index (χ0) is 23.9. The largest absolute Gasteiger partial charge is 0.264 e. The van der Waals surface area contributed by atoms with Crippen LogP contribution in [0, 0.1) is 0 Å². The van der Waals surface area contributed by atoms with Gasteiger partial charge in [0.15, 0.2) is 0 Å². The number of hydrogen-bond donors (Lipinski definition) is 0. The van der Waals surface area contributed by atoms with E-state index in [1.807, 2.05) is 12.4 Å². The van der Waals surface area contributed by atoms with Gasteiger partial charge in [0.2, 0.25) is 0 Å². The van der Waals surface area contributed by atoms with Gasteiger partial charge in [-0.05, 0) is 72.4 Å². The van der Waals surface area contributed by atoms with Gasteiger partial charge >= 0.3 is 0 Å². The SMILES string of the molecule is c1ccc(-c2ccccc2-c2c3ccccc3c(-c3ccc4ccccc4c3)c3ccncc23)cc1. The fraction of sp³-hybridized carbons (Fsp3) is 0. The molecule has 0 fully saturated rings. The van der Waals surface area contributed by atoms with Gasteiger partial charge in [-0.3, -0.25) is 4.98 Å². The molecular formula is C35H23N. The van der Waals surface area contributed by atoms with Crippen LogP contribution in [0.1, 0.15) is 0 Å². The van der Waals surface area contributed by atoms with E-state index in [0.29, 0.717) is 0 Å². The quantitative estimate of drug-likeness (QED) is 0.241. The summed E-state index contributed by atoms with van der Waals surface area (Å²) in [5.41, 5.74) is 7.39. The summed E-state index contributed by atoms with van der Waals surface area (Å²) in [6.45, 7) is 0. The van der Waals surface area contributed by atoms with Crippen LogP contribution in [-0.4, -0.2) is 4.98 Å². The molecule has 6 aromatic carbocycles. The summed E-state index contributed by atoms with van der Waals surface area (Å²) >= 11 is 0. The van der Waals surface area contributed by atoms with Gasteiger partial charge in [-0.25, -0.2) is 0 Å². The van der Waals surface area contributed by atoms with E-state index < -0.39 is 0 Å². The number of hydrogen-bond acceptors (Lipinski definition) is 1. The van der Waals surface area contributed by atoms with Crippen molar-refractivity contribution < 1.29 is 0 Å². The molecule has 0 N–H and O–H groups in total. The smallest absolute Gasteiger partial charge is 0.0353 e. The fourth-order valence-corrected chi connectivity index (χ4v) is 5.54. The molecule has 1 aromatic heterocycles. The molecule has 0 bridgehead atoms. The number of pyridine rings is 1. The van der Waals surface area contributed by atoms with Crippen LogP contribution in [-0.2, 0) is 0 Å². The van der Waals surface area contributed by atoms with Crippen LogP contribution in [0.25, 0.3) is 65.7 Å². The standard InChI is InChI=1S/C35H23N/c1-2-11-25(12-3-1)28-14-6-7-15-29(28)35-31-17-9-8-16-30(31)34(32-20-21-36-23-33(32)35)27-19-18-24-10-4-5-13-26(24)22-27/h1-23H. The molecule has 0 aliphatic rings. The molecular weight excluding hydrogens is 434 g/mol. The Morgan fingerprint density at radius 3 is 1.86 bits per heavy atom. The van der Waals surface area contributed by atoms with E-state index in [0.717, 1.165) is 0 Å². The maximum absolute atomic E-state index is 4.59. The van der Waals surface area contributed by atoms with Gasteiger partial charge in [-0.2, -0.15) is 0 Å². The highest BCUT2D eigenvalue weighted by Crippen LogP contribution is 2.45. The summed E-state index contributed by atoms with van der Waals surface area (Å²) < 4.78 is 0. The summed E-state index contributed by atoms with van der Waals surface area (Å²) in [6.07, 6.45) is 3.94. The predicted molar refractivity (Wildman–Crippen MR) is 153 cm³/mol. The average Bonchev–Trinajstić information content (AvgIpc) is 2.96. The van der Waals surface area contributed by atoms with E-state index in [4.69, 9.17) is 0 Å². The van der Waals surface area contributed by atoms with Gasteiger partial charge in [0.1, 0.15) is 0 Å². The normalized spacial score (nSPS) is 11.3. The molecule has 168 valence electrons. The molecule has 1 nitrogen and oxygen atoms in total. The Hall–Kier alpha value is -4.75. The van der Waals surface area contributed by atoms with Gasteiger partial charge in [0.05, 0.1) is 0 Å². The molecule has 0 aliphatic heterocycles. The van der Waals surface area contributed by atoms with Gasteiger partial charge < -0.3 is 0 Å². The van der Waals surface area contributed by atoms with Crippen molar-refractivity contribution in [3.05, 3.63) is 140 Å². The van der Waals surface area contributed by atoms with Crippen molar-refractivity contribution in [2.24, 2.45) is 0 Å². The zero-order valence-electron chi connectivity index (χ0n) is 19.7. The molecule has 0 unspecified atom stereocenters. The van der Waals surface area contributed by atoms with Crippen LogP contribution in [0.5, 0.6) is 0 Å². The number of rotatable bonds is 3. The van der Waals surface area contributed by atoms with Gasteiger partial charge in [0.25, 0.3) is 0 Å². The molecule has 7 rings (SSSR count). The highest BCUT2D eigenvalue weighted by atomic mass is 14.6. The van der Waals surface area contributed by atoms with Crippen molar-refractivity contribution in [2.45, 2.75) is 0 Å². The lowest BCUT2D eigenvalue weighted by atomic mass is 9.84. The molecule has 0 saturated heterocycles. The highest BCUT2D eigenvalue weighted by molar-refractivity contribution is 6.22. The molecule has 1 heterocycles. The number of nitrogens with zero attached hydrogens (tertiary/aromatic N) is 1. The lowest BCUT2D eigenvalue weighted by Gasteiger charge is -2.19. The maximum Gasteiger partial charge on any atom is 0.0353 e. The summed E-state index contributed by atoms with van der Waals surface area (Å²) in [6, 6.07) is 45.7. The Morgan fingerprint density at radius 1 is 0.389 bits per heavy atom. The molecule has 0 radical (unpaired) electrons. The van der Waals surface area contributed by atoms with Crippen molar-refractivity contribution in [2.75, 3.05) is 0 Å². The van der Waals surface area contributed by atoms with Crippen LogP contribution in [0.3, 0.4) is 0 Å². The minimum Gasteiger partial charge on any atom is -0.264 e. The van der Waals surface area contributed by atoms with E-state index in [-0.39, 0.29) is 0 Å². The highest BCUT2D eigenvalue weighted by Gasteiger charge is 2.18. The van der Waals surface area contributed by atoms with E-state index in [1.54, 1.807) is 0 Å². The first kappa shape index (κ1) is 20.6. The molecule has 0 aliphatic carbocycles. The summed E-state index contributed by atoms with van der Waals surface area (Å²) in [7, 11) is 0. The first-order valence-electron chi connectivity index (χ1n) is 12.3. The second kappa shape index (κ2) is 8.48. The topological polar surface area (TPSA) is 12.9 Å². The van der Waals surface area contributed by atoms with Gasteiger partial charge in [-0.15, -0.1) is 0 Å². The van der Waals surface area contributed by atoms with E-state index >= 15 is 0 Å². The Kier molecular flexibility index (Phi) is 4.85. The first-order chi connectivity index (χ1) is 17.9. The molecule has 1 heteroatoms. The van der Waals surface area contributed by atoms with Gasteiger partial charge in [0, 0.05) is 17.8 Å². The van der Waals surface area contributed by atoms with Crippen LogP contribution in [0.15, 0.2) is 140 Å². The van der Waals surface area contributed by atoms with Crippen LogP contribution in [0.4, 0.5) is 0 Å². The minimum atomic E-state index is 1.17. The van der Waals surface area contributed by atoms with Crippen molar-refractivity contribution >= 4 is 32.3 Å². The fourth-order valence-electron chi connectivity index (χ4n) is 5.54. The van der Waals surface area contributed by atoms with E-state index in [2.05, 4.69) is 132 Å². The van der Waals surface area contributed by atoms with E-state index in [1.165, 1.54) is 65.7 Å². The summed E-state index contributed by atoms with van der Waals surface area (Å²) in [5, 5.41) is 7.39. The monoisotopic (exact) mass is 457 g/mol. The third-order valence-electron chi connectivity index (χ3n) is 7.14. The Labute approximate surface area is 210 Å². The van der Waals surface area contributed by atoms with Crippen LogP contribution < -0.4 is 0 Å². The lowest BCUT2D eigenvalue weighted by Crippen LogP contribution is -1.93. The van der Waals surface area contributed by atoms with Crippen molar-refractivity contribution in [1.82, 2.24) is 4.98 Å². The molecule has 0 saturated carbocycles. The number of fused-ring (bicyclic) bond motifs is 3. The average molecular weight is 458 g/mol. The minimum absolute atomic E-state index is 1.17. The second-order valence-corrected chi connectivity index (χ2v) is 9.19.